The third-order valence-electron chi connectivity index (χ3n) is 5.91. The van der Waals surface area contributed by atoms with Crippen molar-refractivity contribution in [2.45, 2.75) is 33.4 Å². The number of nitrogens with one attached hydrogen (secondary N) is 1. The van der Waals surface area contributed by atoms with Crippen LogP contribution in [0.25, 0.3) is 0 Å². The molecule has 2 aromatic carbocycles. The summed E-state index contributed by atoms with van der Waals surface area (Å²) in [6, 6.07) is 14.6. The van der Waals surface area contributed by atoms with Gasteiger partial charge in [-0.15, -0.1) is 0 Å². The minimum atomic E-state index is -0.370. The fourth-order valence-corrected chi connectivity index (χ4v) is 3.77. The molecule has 1 heterocycles. The molecule has 0 unspecified atom stereocenters. The van der Waals surface area contributed by atoms with Gasteiger partial charge in [0.15, 0.2) is 0 Å². The predicted molar refractivity (Wildman–Crippen MR) is 122 cm³/mol. The molecule has 1 N–H and O–H groups in total. The monoisotopic (exact) mass is 424 g/mol. The molecule has 0 saturated carbocycles. The Bertz CT molecular complexity index is 873. The quantitative estimate of drug-likeness (QED) is 0.519. The second-order valence-corrected chi connectivity index (χ2v) is 8.69. The van der Waals surface area contributed by atoms with Crippen molar-refractivity contribution in [2.75, 3.05) is 32.7 Å². The first kappa shape index (κ1) is 22.9. The van der Waals surface area contributed by atoms with E-state index in [1.165, 1.54) is 0 Å². The molecule has 1 aliphatic heterocycles. The average Bonchev–Trinajstić information content (AvgIpc) is 2.75. The molecule has 0 bridgehead atoms. The molecule has 0 aromatic heterocycles. The number of amides is 1. The summed E-state index contributed by atoms with van der Waals surface area (Å²) in [6.45, 7) is 11.7. The first-order valence-electron chi connectivity index (χ1n) is 10.9. The van der Waals surface area contributed by atoms with Crippen LogP contribution in [0.4, 0.5) is 5.69 Å². The number of aryl methyl sites for hydroxylation is 1. The number of nitro groups is 1. The summed E-state index contributed by atoms with van der Waals surface area (Å²) in [4.78, 5) is 27.9. The molecule has 166 valence electrons. The van der Waals surface area contributed by atoms with Crippen molar-refractivity contribution in [3.63, 3.8) is 0 Å². The number of nitrogens with zero attached hydrogens (tertiary/aromatic N) is 3. The van der Waals surface area contributed by atoms with Gasteiger partial charge in [-0.2, -0.15) is 0 Å². The van der Waals surface area contributed by atoms with Gasteiger partial charge in [-0.3, -0.25) is 24.7 Å². The van der Waals surface area contributed by atoms with E-state index in [1.54, 1.807) is 12.1 Å². The summed E-state index contributed by atoms with van der Waals surface area (Å²) in [5.41, 5.74) is 3.05. The van der Waals surface area contributed by atoms with Crippen LogP contribution in [0.1, 0.15) is 35.3 Å². The third-order valence-corrected chi connectivity index (χ3v) is 5.91. The smallest absolute Gasteiger partial charge is 0.269 e. The fraction of sp³-hybridized carbons (Fsp3) is 0.458. The SMILES string of the molecule is Cc1ccc(C(=O)N[C@@H](CN2CCN(Cc3ccc([N+](=O)[O-])cc3)CC2)C(C)C)cc1. The Morgan fingerprint density at radius 2 is 1.58 bits per heavy atom. The Kier molecular flexibility index (Phi) is 7.76. The number of carbonyl (C=O) groups excluding carboxylic acids is 1. The van der Waals surface area contributed by atoms with E-state index in [0.717, 1.165) is 50.4 Å². The highest BCUT2D eigenvalue weighted by atomic mass is 16.6. The largest absolute Gasteiger partial charge is 0.348 e. The molecule has 2 aromatic rings. The van der Waals surface area contributed by atoms with Crippen LogP contribution in [-0.2, 0) is 6.54 Å². The van der Waals surface area contributed by atoms with Crippen LogP contribution in [-0.4, -0.2) is 59.4 Å². The molecule has 1 saturated heterocycles. The van der Waals surface area contributed by atoms with Crippen molar-refractivity contribution >= 4 is 11.6 Å². The highest BCUT2D eigenvalue weighted by Crippen LogP contribution is 2.15. The molecule has 1 atom stereocenters. The molecule has 7 heteroatoms. The normalized spacial score (nSPS) is 16.3. The average molecular weight is 425 g/mol. The van der Waals surface area contributed by atoms with E-state index < -0.39 is 0 Å². The van der Waals surface area contributed by atoms with Crippen LogP contribution >= 0.6 is 0 Å². The van der Waals surface area contributed by atoms with Crippen molar-refractivity contribution in [1.82, 2.24) is 15.1 Å². The maximum atomic E-state index is 12.7. The van der Waals surface area contributed by atoms with Gasteiger partial charge in [0.05, 0.1) is 4.92 Å². The number of non-ortho nitro benzene ring substituents is 1. The number of hydrogen-bond donors (Lipinski definition) is 1. The number of benzene rings is 2. The summed E-state index contributed by atoms with van der Waals surface area (Å²) < 4.78 is 0. The van der Waals surface area contributed by atoms with Crippen LogP contribution in [0.5, 0.6) is 0 Å². The van der Waals surface area contributed by atoms with E-state index in [1.807, 2.05) is 43.3 Å². The first-order chi connectivity index (χ1) is 14.8. The van der Waals surface area contributed by atoms with Gasteiger partial charge in [0.25, 0.3) is 11.6 Å². The van der Waals surface area contributed by atoms with Gasteiger partial charge in [0.2, 0.25) is 0 Å². The molecular formula is C24H32N4O3. The van der Waals surface area contributed by atoms with Crippen LogP contribution in [0, 0.1) is 23.0 Å². The van der Waals surface area contributed by atoms with Gasteiger partial charge in [-0.1, -0.05) is 43.7 Å². The zero-order valence-corrected chi connectivity index (χ0v) is 18.6. The van der Waals surface area contributed by atoms with Gasteiger partial charge in [-0.25, -0.2) is 0 Å². The van der Waals surface area contributed by atoms with E-state index in [0.29, 0.717) is 11.5 Å². The second kappa shape index (κ2) is 10.5. The first-order valence-corrected chi connectivity index (χ1v) is 10.9. The Morgan fingerprint density at radius 1 is 1.00 bits per heavy atom. The lowest BCUT2D eigenvalue weighted by atomic mass is 10.0. The number of hydrogen-bond acceptors (Lipinski definition) is 5. The predicted octanol–water partition coefficient (Wildman–Crippen LogP) is 3.48. The molecule has 1 aliphatic rings. The fourth-order valence-electron chi connectivity index (χ4n) is 3.77. The lowest BCUT2D eigenvalue weighted by Crippen LogP contribution is -2.52. The number of rotatable bonds is 8. The van der Waals surface area contributed by atoms with Gasteiger partial charge in [-0.05, 0) is 30.5 Å². The van der Waals surface area contributed by atoms with Gasteiger partial charge < -0.3 is 5.32 Å². The number of carbonyl (C=O) groups is 1. The van der Waals surface area contributed by atoms with Crippen LogP contribution in [0.2, 0.25) is 0 Å². The number of piperazine rings is 1. The molecule has 0 spiro atoms. The molecule has 0 radical (unpaired) electrons. The van der Waals surface area contributed by atoms with Crippen molar-refractivity contribution in [2.24, 2.45) is 5.92 Å². The standard InChI is InChI=1S/C24H32N4O3/c1-18(2)23(25-24(29)21-8-4-19(3)5-9-21)17-27-14-12-26(13-15-27)16-20-6-10-22(11-7-20)28(30)31/h4-11,18,23H,12-17H2,1-3H3,(H,25,29)/t23-/m0/s1. The molecule has 31 heavy (non-hydrogen) atoms. The zero-order chi connectivity index (χ0) is 22.4. The molecular weight excluding hydrogens is 392 g/mol. The highest BCUT2D eigenvalue weighted by molar-refractivity contribution is 5.94. The van der Waals surface area contributed by atoms with Crippen molar-refractivity contribution in [3.8, 4) is 0 Å². The topological polar surface area (TPSA) is 78.7 Å². The van der Waals surface area contributed by atoms with Gasteiger partial charge >= 0.3 is 0 Å². The molecule has 3 rings (SSSR count). The van der Waals surface area contributed by atoms with E-state index in [4.69, 9.17) is 0 Å². The Balaban J connectivity index is 1.49. The number of nitro benzene ring substituents is 1. The van der Waals surface area contributed by atoms with Crippen molar-refractivity contribution in [1.29, 1.82) is 0 Å². The van der Waals surface area contributed by atoms with E-state index in [9.17, 15) is 14.9 Å². The minimum Gasteiger partial charge on any atom is -0.348 e. The van der Waals surface area contributed by atoms with Crippen molar-refractivity contribution in [3.05, 3.63) is 75.3 Å². The third kappa shape index (κ3) is 6.60. The van der Waals surface area contributed by atoms with Gasteiger partial charge in [0.1, 0.15) is 0 Å². The molecule has 1 fully saturated rings. The highest BCUT2D eigenvalue weighted by Gasteiger charge is 2.23. The second-order valence-electron chi connectivity index (χ2n) is 8.69. The maximum absolute atomic E-state index is 12.7. The molecule has 0 aliphatic carbocycles. The summed E-state index contributed by atoms with van der Waals surface area (Å²) in [5, 5.41) is 14.0. The lowest BCUT2D eigenvalue weighted by molar-refractivity contribution is -0.384. The molecule has 1 amide bonds. The van der Waals surface area contributed by atoms with Crippen LogP contribution in [0.15, 0.2) is 48.5 Å². The van der Waals surface area contributed by atoms with Gasteiger partial charge in [0, 0.05) is 63.0 Å². The summed E-state index contributed by atoms with van der Waals surface area (Å²) in [7, 11) is 0. The Labute approximate surface area is 184 Å². The molecule has 7 nitrogen and oxygen atoms in total. The van der Waals surface area contributed by atoms with E-state index >= 15 is 0 Å². The van der Waals surface area contributed by atoms with Crippen LogP contribution in [0.3, 0.4) is 0 Å². The van der Waals surface area contributed by atoms with Crippen molar-refractivity contribution < 1.29 is 9.72 Å². The Morgan fingerprint density at radius 3 is 2.13 bits per heavy atom. The lowest BCUT2D eigenvalue weighted by Gasteiger charge is -2.37. The Hall–Kier alpha value is -2.77. The summed E-state index contributed by atoms with van der Waals surface area (Å²) >= 11 is 0. The summed E-state index contributed by atoms with van der Waals surface area (Å²) in [5.74, 6) is 0.322. The van der Waals surface area contributed by atoms with E-state index in [2.05, 4.69) is 29.0 Å². The maximum Gasteiger partial charge on any atom is 0.269 e. The zero-order valence-electron chi connectivity index (χ0n) is 18.6. The minimum absolute atomic E-state index is 0.0180. The van der Waals surface area contributed by atoms with Crippen LogP contribution < -0.4 is 5.32 Å². The summed E-state index contributed by atoms with van der Waals surface area (Å²) in [6.07, 6.45) is 0. The van der Waals surface area contributed by atoms with E-state index in [-0.39, 0.29) is 22.6 Å².